The van der Waals surface area contributed by atoms with E-state index in [9.17, 15) is 9.90 Å². The van der Waals surface area contributed by atoms with Gasteiger partial charge in [0.1, 0.15) is 5.75 Å². The minimum Gasteiger partial charge on any atom is -0.493 e. The molecule has 0 fully saturated rings. The van der Waals surface area contributed by atoms with Crippen molar-refractivity contribution in [2.75, 3.05) is 6.61 Å². The van der Waals surface area contributed by atoms with Gasteiger partial charge in [0.2, 0.25) is 0 Å². The van der Waals surface area contributed by atoms with Gasteiger partial charge in [-0.15, -0.1) is 0 Å². The van der Waals surface area contributed by atoms with Crippen LogP contribution in [0.25, 0.3) is 21.7 Å². The lowest BCUT2D eigenvalue weighted by Crippen LogP contribution is -2.16. The van der Waals surface area contributed by atoms with Gasteiger partial charge in [0.15, 0.2) is 0 Å². The Morgan fingerprint density at radius 2 is 1.89 bits per heavy atom. The van der Waals surface area contributed by atoms with Crippen LogP contribution in [0.5, 0.6) is 5.75 Å². The van der Waals surface area contributed by atoms with Gasteiger partial charge in [-0.25, -0.2) is 0 Å². The predicted octanol–water partition coefficient (Wildman–Crippen LogP) is 5.54. The number of ether oxygens (including phenoxy) is 1. The van der Waals surface area contributed by atoms with Crippen molar-refractivity contribution in [3.05, 3.63) is 95.7 Å². The summed E-state index contributed by atoms with van der Waals surface area (Å²) in [5.41, 5.74) is 5.46. The summed E-state index contributed by atoms with van der Waals surface area (Å²) in [7, 11) is 0. The number of rotatable bonds is 8. The molecule has 2 aromatic carbocycles. The number of fused-ring (bicyclic) bond motifs is 3. The van der Waals surface area contributed by atoms with E-state index in [-0.39, 0.29) is 6.42 Å². The zero-order chi connectivity index (χ0) is 25.2. The topological polar surface area (TPSA) is 90.1 Å². The molecular formula is C30H28N4O3. The summed E-state index contributed by atoms with van der Waals surface area (Å²) in [5, 5.41) is 17.2. The summed E-state index contributed by atoms with van der Waals surface area (Å²) >= 11 is 0. The van der Waals surface area contributed by atoms with E-state index >= 15 is 0 Å². The Labute approximate surface area is 214 Å². The molecule has 1 aliphatic carbocycles. The monoisotopic (exact) mass is 492 g/mol. The molecule has 0 saturated carbocycles. The van der Waals surface area contributed by atoms with Crippen LogP contribution in [0.3, 0.4) is 0 Å². The lowest BCUT2D eigenvalue weighted by molar-refractivity contribution is -0.137. The highest BCUT2D eigenvalue weighted by Crippen LogP contribution is 2.30. The van der Waals surface area contributed by atoms with E-state index in [2.05, 4.69) is 22.2 Å². The van der Waals surface area contributed by atoms with Crippen LogP contribution in [0.1, 0.15) is 47.8 Å². The summed E-state index contributed by atoms with van der Waals surface area (Å²) in [6.45, 7) is 0.541. The fourth-order valence-electron chi connectivity index (χ4n) is 5.23. The van der Waals surface area contributed by atoms with Crippen LogP contribution in [0.15, 0.2) is 73.2 Å². The van der Waals surface area contributed by atoms with Gasteiger partial charge in [-0.3, -0.25) is 19.4 Å². The molecule has 1 atom stereocenters. The van der Waals surface area contributed by atoms with Crippen LogP contribution < -0.4 is 4.74 Å². The van der Waals surface area contributed by atoms with Gasteiger partial charge in [-0.1, -0.05) is 18.2 Å². The molecule has 7 heteroatoms. The molecule has 0 aliphatic heterocycles. The van der Waals surface area contributed by atoms with E-state index in [0.717, 1.165) is 57.9 Å². The normalized spacial score (nSPS) is 13.9. The van der Waals surface area contributed by atoms with Gasteiger partial charge in [-0.05, 0) is 78.6 Å². The maximum atomic E-state index is 11.8. The first-order valence-corrected chi connectivity index (χ1v) is 12.8. The minimum absolute atomic E-state index is 0.0700. The average Bonchev–Trinajstić information content (AvgIpc) is 3.34. The molecule has 1 N–H and O–H groups in total. The third kappa shape index (κ3) is 4.89. The third-order valence-corrected chi connectivity index (χ3v) is 7.14. The van der Waals surface area contributed by atoms with Crippen LogP contribution in [0.2, 0.25) is 0 Å². The van der Waals surface area contributed by atoms with Crippen LogP contribution in [0.4, 0.5) is 0 Å². The summed E-state index contributed by atoms with van der Waals surface area (Å²) in [5.74, 6) is -0.114. The minimum atomic E-state index is -0.876. The summed E-state index contributed by atoms with van der Waals surface area (Å²) < 4.78 is 7.85. The van der Waals surface area contributed by atoms with Crippen molar-refractivity contribution in [3.8, 4) is 5.75 Å². The van der Waals surface area contributed by atoms with Crippen molar-refractivity contribution in [2.45, 2.75) is 44.6 Å². The molecule has 0 amide bonds. The van der Waals surface area contributed by atoms with Gasteiger partial charge >= 0.3 is 5.97 Å². The van der Waals surface area contributed by atoms with Crippen LogP contribution in [0, 0.1) is 0 Å². The Morgan fingerprint density at radius 3 is 2.81 bits per heavy atom. The van der Waals surface area contributed by atoms with E-state index in [4.69, 9.17) is 9.72 Å². The number of pyridine rings is 2. The predicted molar refractivity (Wildman–Crippen MR) is 142 cm³/mol. The fourth-order valence-corrected chi connectivity index (χ4v) is 5.23. The Kier molecular flexibility index (Phi) is 6.26. The van der Waals surface area contributed by atoms with Crippen molar-refractivity contribution < 1.29 is 14.6 Å². The molecule has 7 nitrogen and oxygen atoms in total. The summed E-state index contributed by atoms with van der Waals surface area (Å²) in [4.78, 5) is 20.8. The van der Waals surface area contributed by atoms with Crippen LogP contribution in [-0.2, 0) is 24.1 Å². The van der Waals surface area contributed by atoms with E-state index in [1.165, 1.54) is 24.1 Å². The maximum absolute atomic E-state index is 11.8. The standard InChI is InChI=1S/C30H28N4O3/c35-30(36)17-29(22-5-6-23-18-31-13-11-21(23)15-22)34-28-10-9-26(16-24(28)19-32-34)37-14-12-25-8-7-20-3-1-2-4-27(20)33-25/h5-11,13,15-16,18-19,29H,1-4,12,14,17H2,(H,35,36). The lowest BCUT2D eigenvalue weighted by Gasteiger charge is -2.18. The second kappa shape index (κ2) is 10.0. The molecule has 3 aromatic heterocycles. The Hall–Kier alpha value is -4.26. The summed E-state index contributed by atoms with van der Waals surface area (Å²) in [6, 6.07) is 17.6. The fraction of sp³-hybridized carbons (Fsp3) is 0.267. The number of benzene rings is 2. The Bertz CT molecular complexity index is 1590. The number of aryl methyl sites for hydroxylation is 2. The average molecular weight is 493 g/mol. The van der Waals surface area contributed by atoms with E-state index in [1.807, 2.05) is 42.5 Å². The van der Waals surface area contributed by atoms with Gasteiger partial charge in [-0.2, -0.15) is 5.10 Å². The highest BCUT2D eigenvalue weighted by atomic mass is 16.5. The molecule has 0 spiro atoms. The second-order valence-corrected chi connectivity index (χ2v) is 9.62. The first-order chi connectivity index (χ1) is 18.1. The second-order valence-electron chi connectivity index (χ2n) is 9.62. The number of aromatic nitrogens is 4. The molecule has 0 radical (unpaired) electrons. The highest BCUT2D eigenvalue weighted by Gasteiger charge is 2.21. The summed E-state index contributed by atoms with van der Waals surface area (Å²) in [6.07, 6.45) is 10.7. The number of aliphatic carboxylic acids is 1. The van der Waals surface area contributed by atoms with E-state index in [1.54, 1.807) is 23.3 Å². The van der Waals surface area contributed by atoms with Crippen molar-refractivity contribution in [2.24, 2.45) is 0 Å². The zero-order valence-corrected chi connectivity index (χ0v) is 20.5. The van der Waals surface area contributed by atoms with Crippen molar-refractivity contribution >= 4 is 27.6 Å². The highest BCUT2D eigenvalue weighted by molar-refractivity contribution is 5.83. The largest absolute Gasteiger partial charge is 0.493 e. The number of carboxylic acid groups (broad SMARTS) is 1. The number of hydrogen-bond acceptors (Lipinski definition) is 5. The number of hydrogen-bond donors (Lipinski definition) is 1. The van der Waals surface area contributed by atoms with Crippen molar-refractivity contribution in [3.63, 3.8) is 0 Å². The Morgan fingerprint density at radius 1 is 0.973 bits per heavy atom. The molecule has 186 valence electrons. The molecule has 1 aliphatic rings. The third-order valence-electron chi connectivity index (χ3n) is 7.14. The molecule has 37 heavy (non-hydrogen) atoms. The first kappa shape index (κ1) is 23.2. The number of nitrogens with zero attached hydrogens (tertiary/aromatic N) is 4. The van der Waals surface area contributed by atoms with Crippen LogP contribution in [-0.4, -0.2) is 37.4 Å². The molecule has 5 aromatic rings. The lowest BCUT2D eigenvalue weighted by atomic mass is 9.96. The zero-order valence-electron chi connectivity index (χ0n) is 20.5. The number of carbonyl (C=O) groups is 1. The SMILES string of the molecule is O=C(O)CC(c1ccc2cnccc2c1)n1ncc2cc(OCCc3ccc4c(n3)CCCC4)ccc21. The van der Waals surface area contributed by atoms with Gasteiger partial charge in [0.25, 0.3) is 0 Å². The van der Waals surface area contributed by atoms with Crippen molar-refractivity contribution in [1.82, 2.24) is 19.7 Å². The Balaban J connectivity index is 1.21. The van der Waals surface area contributed by atoms with E-state index in [0.29, 0.717) is 6.61 Å². The maximum Gasteiger partial charge on any atom is 0.305 e. The van der Waals surface area contributed by atoms with Gasteiger partial charge < -0.3 is 9.84 Å². The molecule has 6 rings (SSSR count). The molecule has 1 unspecified atom stereocenters. The van der Waals surface area contributed by atoms with Gasteiger partial charge in [0, 0.05) is 41.0 Å². The molecule has 0 saturated heterocycles. The quantitative estimate of drug-likeness (QED) is 0.306. The number of carboxylic acids is 1. The van der Waals surface area contributed by atoms with Crippen LogP contribution >= 0.6 is 0 Å². The molecule has 0 bridgehead atoms. The molecular weight excluding hydrogens is 464 g/mol. The van der Waals surface area contributed by atoms with E-state index < -0.39 is 12.0 Å². The first-order valence-electron chi connectivity index (χ1n) is 12.8. The van der Waals surface area contributed by atoms with Gasteiger partial charge in [0.05, 0.1) is 30.8 Å². The smallest absolute Gasteiger partial charge is 0.305 e. The van der Waals surface area contributed by atoms with Crippen molar-refractivity contribution in [1.29, 1.82) is 0 Å². The molecule has 3 heterocycles.